The van der Waals surface area contributed by atoms with Crippen LogP contribution in [0.15, 0.2) is 24.3 Å². The third kappa shape index (κ3) is 4.40. The Morgan fingerprint density at radius 2 is 1.94 bits per heavy atom. The van der Waals surface area contributed by atoms with Gasteiger partial charge in [-0.2, -0.15) is 0 Å². The summed E-state index contributed by atoms with van der Waals surface area (Å²) in [5.74, 6) is 0.994. The Hall–Kier alpha value is -1.51. The van der Waals surface area contributed by atoms with Gasteiger partial charge in [0.1, 0.15) is 5.75 Å². The van der Waals surface area contributed by atoms with Crippen molar-refractivity contribution < 1.29 is 9.53 Å². The van der Waals surface area contributed by atoms with Crippen molar-refractivity contribution in [1.29, 1.82) is 0 Å². The Bertz CT molecular complexity index is 371. The van der Waals surface area contributed by atoms with Gasteiger partial charge in [-0.05, 0) is 25.0 Å². The Morgan fingerprint density at radius 3 is 2.50 bits per heavy atom. The molecule has 0 unspecified atom stereocenters. The number of amides is 1. The molecule has 3 nitrogen and oxygen atoms in total. The lowest BCUT2D eigenvalue weighted by Gasteiger charge is -2.15. The van der Waals surface area contributed by atoms with Gasteiger partial charge in [0.15, 0.2) is 0 Å². The number of methoxy groups -OCH3 is 1. The molecule has 100 valence electrons. The largest absolute Gasteiger partial charge is 0.497 e. The van der Waals surface area contributed by atoms with Gasteiger partial charge in [-0.3, -0.25) is 4.79 Å². The van der Waals surface area contributed by atoms with Crippen LogP contribution in [-0.2, 0) is 4.79 Å². The average Bonchev–Trinajstić information content (AvgIpc) is 2.38. The van der Waals surface area contributed by atoms with E-state index in [0.717, 1.165) is 37.1 Å². The molecular formula is C15H23NO2. The van der Waals surface area contributed by atoms with Crippen molar-refractivity contribution >= 4 is 11.6 Å². The van der Waals surface area contributed by atoms with Crippen molar-refractivity contribution in [3.63, 3.8) is 0 Å². The van der Waals surface area contributed by atoms with E-state index in [1.54, 1.807) is 7.11 Å². The molecule has 0 aromatic heterocycles. The maximum atomic E-state index is 12.1. The van der Waals surface area contributed by atoms with Crippen LogP contribution in [0.1, 0.15) is 39.5 Å². The molecule has 0 heterocycles. The van der Waals surface area contributed by atoms with E-state index in [4.69, 9.17) is 4.74 Å². The van der Waals surface area contributed by atoms with Crippen LogP contribution in [0.25, 0.3) is 0 Å². The number of hydrogen-bond donors (Lipinski definition) is 1. The number of anilines is 1. The smallest absolute Gasteiger partial charge is 0.227 e. The fourth-order valence-corrected chi connectivity index (χ4v) is 2.05. The molecule has 1 aromatic carbocycles. The Kier molecular flexibility index (Phi) is 6.26. The highest BCUT2D eigenvalue weighted by Gasteiger charge is 2.16. The third-order valence-corrected chi connectivity index (χ3v) is 2.98. The van der Waals surface area contributed by atoms with Gasteiger partial charge in [-0.25, -0.2) is 0 Å². The summed E-state index contributed by atoms with van der Waals surface area (Å²) in [5.41, 5.74) is 0.802. The van der Waals surface area contributed by atoms with Crippen LogP contribution in [0.5, 0.6) is 5.75 Å². The van der Waals surface area contributed by atoms with Crippen molar-refractivity contribution in [1.82, 2.24) is 0 Å². The molecule has 0 radical (unpaired) electrons. The van der Waals surface area contributed by atoms with E-state index in [2.05, 4.69) is 19.2 Å². The number of hydrogen-bond acceptors (Lipinski definition) is 2. The number of benzene rings is 1. The highest BCUT2D eigenvalue weighted by molar-refractivity contribution is 5.92. The molecule has 1 amide bonds. The zero-order valence-corrected chi connectivity index (χ0v) is 11.5. The predicted molar refractivity (Wildman–Crippen MR) is 74.9 cm³/mol. The SMILES string of the molecule is CCCC(CCC)C(=O)Nc1cccc(OC)c1. The zero-order chi connectivity index (χ0) is 13.4. The molecule has 0 saturated heterocycles. The maximum absolute atomic E-state index is 12.1. The number of nitrogens with one attached hydrogen (secondary N) is 1. The summed E-state index contributed by atoms with van der Waals surface area (Å²) in [5, 5.41) is 2.97. The summed E-state index contributed by atoms with van der Waals surface area (Å²) in [6.07, 6.45) is 3.97. The van der Waals surface area contributed by atoms with Crippen LogP contribution in [0.3, 0.4) is 0 Å². The van der Waals surface area contributed by atoms with Gasteiger partial charge in [-0.15, -0.1) is 0 Å². The minimum atomic E-state index is 0.117. The Labute approximate surface area is 110 Å². The molecule has 0 saturated carbocycles. The second-order valence-corrected chi connectivity index (χ2v) is 4.50. The van der Waals surface area contributed by atoms with Crippen LogP contribution in [0.4, 0.5) is 5.69 Å². The molecule has 1 N–H and O–H groups in total. The minimum absolute atomic E-state index is 0.117. The first-order valence-corrected chi connectivity index (χ1v) is 6.66. The van der Waals surface area contributed by atoms with E-state index in [9.17, 15) is 4.79 Å². The molecule has 3 heteroatoms. The monoisotopic (exact) mass is 249 g/mol. The molecule has 0 fully saturated rings. The molecule has 0 bridgehead atoms. The first kappa shape index (κ1) is 14.6. The standard InChI is InChI=1S/C15H23NO2/c1-4-7-12(8-5-2)15(17)16-13-9-6-10-14(11-13)18-3/h6,9-12H,4-5,7-8H2,1-3H3,(H,16,17). The predicted octanol–water partition coefficient (Wildman–Crippen LogP) is 3.85. The van der Waals surface area contributed by atoms with Gasteiger partial charge in [0.2, 0.25) is 5.91 Å². The summed E-state index contributed by atoms with van der Waals surface area (Å²) < 4.78 is 5.14. The normalized spacial score (nSPS) is 10.4. The molecule has 0 atom stereocenters. The number of carbonyl (C=O) groups is 1. The summed E-state index contributed by atoms with van der Waals surface area (Å²) in [4.78, 5) is 12.1. The summed E-state index contributed by atoms with van der Waals surface area (Å²) in [6.45, 7) is 4.23. The number of rotatable bonds is 7. The second-order valence-electron chi connectivity index (χ2n) is 4.50. The van der Waals surface area contributed by atoms with Crippen molar-refractivity contribution in [3.05, 3.63) is 24.3 Å². The lowest BCUT2D eigenvalue weighted by molar-refractivity contribution is -0.120. The van der Waals surface area contributed by atoms with Crippen LogP contribution in [-0.4, -0.2) is 13.0 Å². The van der Waals surface area contributed by atoms with Gasteiger partial charge in [-0.1, -0.05) is 32.8 Å². The lowest BCUT2D eigenvalue weighted by Crippen LogP contribution is -2.22. The van der Waals surface area contributed by atoms with Crippen molar-refractivity contribution in [2.45, 2.75) is 39.5 Å². The summed E-state index contributed by atoms with van der Waals surface area (Å²) >= 11 is 0. The van der Waals surface area contributed by atoms with E-state index < -0.39 is 0 Å². The molecule has 0 aliphatic rings. The van der Waals surface area contributed by atoms with Gasteiger partial charge in [0, 0.05) is 17.7 Å². The van der Waals surface area contributed by atoms with Gasteiger partial charge in [0.05, 0.1) is 7.11 Å². The van der Waals surface area contributed by atoms with Crippen molar-refractivity contribution in [2.24, 2.45) is 5.92 Å². The Morgan fingerprint density at radius 1 is 1.28 bits per heavy atom. The zero-order valence-electron chi connectivity index (χ0n) is 11.5. The quantitative estimate of drug-likeness (QED) is 0.797. The minimum Gasteiger partial charge on any atom is -0.497 e. The van der Waals surface area contributed by atoms with Crippen LogP contribution in [0.2, 0.25) is 0 Å². The topological polar surface area (TPSA) is 38.3 Å². The molecule has 0 spiro atoms. The highest BCUT2D eigenvalue weighted by atomic mass is 16.5. The van der Waals surface area contributed by atoms with E-state index in [1.807, 2.05) is 24.3 Å². The average molecular weight is 249 g/mol. The van der Waals surface area contributed by atoms with Crippen LogP contribution < -0.4 is 10.1 Å². The van der Waals surface area contributed by atoms with Crippen LogP contribution in [0, 0.1) is 5.92 Å². The molecule has 1 aromatic rings. The second kappa shape index (κ2) is 7.75. The van der Waals surface area contributed by atoms with Crippen LogP contribution >= 0.6 is 0 Å². The molecular weight excluding hydrogens is 226 g/mol. The molecule has 0 aliphatic heterocycles. The number of carbonyl (C=O) groups excluding carboxylic acids is 1. The fraction of sp³-hybridized carbons (Fsp3) is 0.533. The van der Waals surface area contributed by atoms with Gasteiger partial charge in [0.25, 0.3) is 0 Å². The third-order valence-electron chi connectivity index (χ3n) is 2.98. The van der Waals surface area contributed by atoms with E-state index in [-0.39, 0.29) is 11.8 Å². The summed E-state index contributed by atoms with van der Waals surface area (Å²) in [6, 6.07) is 7.47. The fourth-order valence-electron chi connectivity index (χ4n) is 2.05. The number of ether oxygens (including phenoxy) is 1. The van der Waals surface area contributed by atoms with Gasteiger partial charge < -0.3 is 10.1 Å². The van der Waals surface area contributed by atoms with Crippen molar-refractivity contribution in [2.75, 3.05) is 12.4 Å². The molecule has 0 aliphatic carbocycles. The highest BCUT2D eigenvalue weighted by Crippen LogP contribution is 2.20. The van der Waals surface area contributed by atoms with E-state index in [1.165, 1.54) is 0 Å². The van der Waals surface area contributed by atoms with Crippen molar-refractivity contribution in [3.8, 4) is 5.75 Å². The van der Waals surface area contributed by atoms with E-state index >= 15 is 0 Å². The first-order chi connectivity index (χ1) is 8.71. The molecule has 18 heavy (non-hydrogen) atoms. The van der Waals surface area contributed by atoms with Gasteiger partial charge >= 0.3 is 0 Å². The first-order valence-electron chi connectivity index (χ1n) is 6.66. The maximum Gasteiger partial charge on any atom is 0.227 e. The Balaban J connectivity index is 2.66. The molecule has 1 rings (SSSR count). The van der Waals surface area contributed by atoms with E-state index in [0.29, 0.717) is 0 Å². The summed E-state index contributed by atoms with van der Waals surface area (Å²) in [7, 11) is 1.62. The lowest BCUT2D eigenvalue weighted by atomic mass is 9.97.